The number of nitrogens with one attached hydrogen (secondary N) is 2. The highest BCUT2D eigenvalue weighted by Crippen LogP contribution is 2.22. The smallest absolute Gasteiger partial charge is 0.191 e. The Bertz CT molecular complexity index is 604. The Hall–Kier alpha value is -1.83. The molecule has 7 nitrogen and oxygen atoms in total. The number of benzene rings is 1. The van der Waals surface area contributed by atoms with Crippen LogP contribution in [0.4, 0.5) is 0 Å². The number of unbranched alkanes of at least 4 members (excludes halogenated alkanes) is 1. The normalized spacial score (nSPS) is 16.8. The first kappa shape index (κ1) is 23.4. The summed E-state index contributed by atoms with van der Waals surface area (Å²) in [6.45, 7) is 8.01. The molecular weight excluding hydrogens is 370 g/mol. The van der Waals surface area contributed by atoms with Gasteiger partial charge >= 0.3 is 0 Å². The van der Waals surface area contributed by atoms with E-state index in [1.54, 1.807) is 14.2 Å². The Balaban J connectivity index is 1.71. The first-order valence-corrected chi connectivity index (χ1v) is 10.5. The van der Waals surface area contributed by atoms with Gasteiger partial charge in [0.15, 0.2) is 5.96 Å². The Morgan fingerprint density at radius 1 is 1.21 bits per heavy atom. The maximum absolute atomic E-state index is 6.12. The maximum Gasteiger partial charge on any atom is 0.191 e. The molecule has 0 aromatic heterocycles. The lowest BCUT2D eigenvalue weighted by Crippen LogP contribution is -2.37. The summed E-state index contributed by atoms with van der Waals surface area (Å²) in [6.07, 6.45) is 3.11. The summed E-state index contributed by atoms with van der Waals surface area (Å²) in [5.74, 6) is 2.22. The summed E-state index contributed by atoms with van der Waals surface area (Å²) in [7, 11) is 3.47. The fourth-order valence-electron chi connectivity index (χ4n) is 3.04. The van der Waals surface area contributed by atoms with E-state index in [1.165, 1.54) is 5.56 Å². The third-order valence-corrected chi connectivity index (χ3v) is 4.83. The molecule has 1 aliphatic rings. The molecule has 29 heavy (non-hydrogen) atoms. The molecule has 0 bridgehead atoms. The van der Waals surface area contributed by atoms with Crippen molar-refractivity contribution in [2.45, 2.75) is 32.7 Å². The van der Waals surface area contributed by atoms with Gasteiger partial charge < -0.3 is 29.6 Å². The molecule has 1 heterocycles. The van der Waals surface area contributed by atoms with Gasteiger partial charge in [0, 0.05) is 51.9 Å². The number of guanidine groups is 1. The summed E-state index contributed by atoms with van der Waals surface area (Å²) in [5.41, 5.74) is 2.32. The number of rotatable bonds is 13. The second kappa shape index (κ2) is 14.2. The van der Waals surface area contributed by atoms with E-state index in [0.29, 0.717) is 32.3 Å². The predicted molar refractivity (Wildman–Crippen MR) is 116 cm³/mol. The van der Waals surface area contributed by atoms with E-state index in [4.69, 9.17) is 18.9 Å². The Labute approximate surface area is 175 Å². The molecule has 1 aromatic rings. The highest BCUT2D eigenvalue weighted by molar-refractivity contribution is 5.79. The van der Waals surface area contributed by atoms with Crippen LogP contribution in [0.2, 0.25) is 0 Å². The van der Waals surface area contributed by atoms with Gasteiger partial charge in [-0.15, -0.1) is 0 Å². The lowest BCUT2D eigenvalue weighted by molar-refractivity contribution is 0.0689. The largest absolute Gasteiger partial charge is 0.493 e. The minimum atomic E-state index is 0.490. The number of aryl methyl sites for hydroxylation is 1. The second-order valence-electron chi connectivity index (χ2n) is 7.32. The molecule has 1 fully saturated rings. The predicted octanol–water partition coefficient (Wildman–Crippen LogP) is 2.52. The van der Waals surface area contributed by atoms with Gasteiger partial charge in [0.1, 0.15) is 5.75 Å². The van der Waals surface area contributed by atoms with Crippen molar-refractivity contribution in [3.8, 4) is 5.75 Å². The molecule has 0 radical (unpaired) electrons. The molecule has 164 valence electrons. The first-order chi connectivity index (χ1) is 14.2. The van der Waals surface area contributed by atoms with Crippen molar-refractivity contribution in [3.05, 3.63) is 29.3 Å². The summed E-state index contributed by atoms with van der Waals surface area (Å²) in [6, 6.07) is 6.34. The molecule has 1 atom stereocenters. The van der Waals surface area contributed by atoms with Gasteiger partial charge in [-0.25, -0.2) is 0 Å². The number of methoxy groups -OCH3 is 1. The van der Waals surface area contributed by atoms with Crippen LogP contribution in [0.25, 0.3) is 0 Å². The van der Waals surface area contributed by atoms with E-state index in [-0.39, 0.29) is 0 Å². The minimum Gasteiger partial charge on any atom is -0.493 e. The molecule has 1 saturated heterocycles. The molecule has 2 N–H and O–H groups in total. The average Bonchev–Trinajstić information content (AvgIpc) is 3.25. The van der Waals surface area contributed by atoms with Gasteiger partial charge in [-0.05, 0) is 37.8 Å². The molecule has 0 aliphatic carbocycles. The SMILES string of the molecule is CN=C(NCCCCOCCOC)NCc1ccc(C)cc1OCC1CCOC1. The van der Waals surface area contributed by atoms with Crippen LogP contribution in [0, 0.1) is 12.8 Å². The quantitative estimate of drug-likeness (QED) is 0.297. The van der Waals surface area contributed by atoms with Crippen LogP contribution in [0.1, 0.15) is 30.4 Å². The monoisotopic (exact) mass is 407 g/mol. The van der Waals surface area contributed by atoms with E-state index >= 15 is 0 Å². The average molecular weight is 408 g/mol. The lowest BCUT2D eigenvalue weighted by Gasteiger charge is -2.17. The van der Waals surface area contributed by atoms with Crippen LogP contribution in [0.5, 0.6) is 5.75 Å². The van der Waals surface area contributed by atoms with Crippen LogP contribution in [-0.2, 0) is 20.8 Å². The number of hydrogen-bond donors (Lipinski definition) is 2. The van der Waals surface area contributed by atoms with Crippen molar-refractivity contribution in [1.82, 2.24) is 10.6 Å². The zero-order chi connectivity index (χ0) is 20.7. The zero-order valence-electron chi connectivity index (χ0n) is 18.2. The molecule has 1 aromatic carbocycles. The molecule has 0 saturated carbocycles. The number of hydrogen-bond acceptors (Lipinski definition) is 5. The van der Waals surface area contributed by atoms with Crippen molar-refractivity contribution in [2.75, 3.05) is 60.3 Å². The number of aliphatic imine (C=N–C) groups is 1. The van der Waals surface area contributed by atoms with E-state index in [1.807, 2.05) is 0 Å². The number of ether oxygens (including phenoxy) is 4. The van der Waals surface area contributed by atoms with Crippen LogP contribution in [0.3, 0.4) is 0 Å². The van der Waals surface area contributed by atoms with E-state index < -0.39 is 0 Å². The third kappa shape index (κ3) is 9.47. The van der Waals surface area contributed by atoms with Crippen molar-refractivity contribution in [3.63, 3.8) is 0 Å². The molecule has 7 heteroatoms. The molecule has 1 aliphatic heterocycles. The highest BCUT2D eigenvalue weighted by atomic mass is 16.5. The van der Waals surface area contributed by atoms with E-state index in [2.05, 4.69) is 40.7 Å². The molecule has 0 spiro atoms. The van der Waals surface area contributed by atoms with Gasteiger partial charge in [-0.3, -0.25) is 4.99 Å². The van der Waals surface area contributed by atoms with Gasteiger partial charge in [0.2, 0.25) is 0 Å². The Kier molecular flexibility index (Phi) is 11.5. The summed E-state index contributed by atoms with van der Waals surface area (Å²) in [4.78, 5) is 4.31. The van der Waals surface area contributed by atoms with E-state index in [0.717, 1.165) is 62.9 Å². The Morgan fingerprint density at radius 2 is 2.10 bits per heavy atom. The fourth-order valence-corrected chi connectivity index (χ4v) is 3.04. The number of nitrogens with zero attached hydrogens (tertiary/aromatic N) is 1. The lowest BCUT2D eigenvalue weighted by atomic mass is 10.1. The fraction of sp³-hybridized carbons (Fsp3) is 0.682. The van der Waals surface area contributed by atoms with Gasteiger partial charge in [-0.2, -0.15) is 0 Å². The van der Waals surface area contributed by atoms with Gasteiger partial charge in [-0.1, -0.05) is 12.1 Å². The summed E-state index contributed by atoms with van der Waals surface area (Å²) in [5, 5.41) is 6.73. The Morgan fingerprint density at radius 3 is 2.86 bits per heavy atom. The summed E-state index contributed by atoms with van der Waals surface area (Å²) < 4.78 is 22.0. The van der Waals surface area contributed by atoms with Crippen LogP contribution in [-0.4, -0.2) is 66.3 Å². The van der Waals surface area contributed by atoms with Crippen molar-refractivity contribution >= 4 is 5.96 Å². The van der Waals surface area contributed by atoms with Crippen molar-refractivity contribution in [1.29, 1.82) is 0 Å². The first-order valence-electron chi connectivity index (χ1n) is 10.5. The molecular formula is C22H37N3O4. The molecule has 2 rings (SSSR count). The third-order valence-electron chi connectivity index (χ3n) is 4.83. The topological polar surface area (TPSA) is 73.3 Å². The summed E-state index contributed by atoms with van der Waals surface area (Å²) >= 11 is 0. The van der Waals surface area contributed by atoms with Crippen LogP contribution >= 0.6 is 0 Å². The maximum atomic E-state index is 6.12. The van der Waals surface area contributed by atoms with Crippen molar-refractivity contribution in [2.24, 2.45) is 10.9 Å². The van der Waals surface area contributed by atoms with Crippen LogP contribution < -0.4 is 15.4 Å². The second-order valence-corrected chi connectivity index (χ2v) is 7.32. The molecule has 0 amide bonds. The standard InChI is InChI=1S/C22H37N3O4/c1-18-6-7-20(21(14-18)29-17-19-8-11-28-16-19)15-25-22(23-2)24-9-4-5-10-27-13-12-26-3/h6-7,14,19H,4-5,8-13,15-17H2,1-3H3,(H2,23,24,25). The highest BCUT2D eigenvalue weighted by Gasteiger charge is 2.17. The zero-order valence-corrected chi connectivity index (χ0v) is 18.2. The van der Waals surface area contributed by atoms with E-state index in [9.17, 15) is 0 Å². The van der Waals surface area contributed by atoms with Gasteiger partial charge in [0.05, 0.1) is 26.4 Å². The molecule has 1 unspecified atom stereocenters. The minimum absolute atomic E-state index is 0.490. The van der Waals surface area contributed by atoms with Crippen LogP contribution in [0.15, 0.2) is 23.2 Å². The van der Waals surface area contributed by atoms with Gasteiger partial charge in [0.25, 0.3) is 0 Å². The van der Waals surface area contributed by atoms with Crippen molar-refractivity contribution < 1.29 is 18.9 Å².